The molecule has 80 valence electrons. The zero-order valence-electron chi connectivity index (χ0n) is 5.59. The van der Waals surface area contributed by atoms with Crippen LogP contribution in [0.15, 0.2) is 0 Å². The maximum Gasteiger partial charge on any atom is 0.428 e. The van der Waals surface area contributed by atoms with Crippen molar-refractivity contribution in [3.05, 3.63) is 0 Å². The smallest absolute Gasteiger partial charge is 0.269 e. The lowest BCUT2D eigenvalue weighted by molar-refractivity contribution is -0.350. The summed E-state index contributed by atoms with van der Waals surface area (Å²) in [6.45, 7) is 0. The molecule has 0 heterocycles. The summed E-state index contributed by atoms with van der Waals surface area (Å²) in [5.41, 5.74) is 0. The molecule has 0 saturated carbocycles. The highest BCUT2D eigenvalue weighted by Crippen LogP contribution is 2.36. The summed E-state index contributed by atoms with van der Waals surface area (Å²) in [6, 6.07) is 0. The molecular weight excluding hydrogens is 232 g/mol. The Morgan fingerprint density at radius 2 is 1.38 bits per heavy atom. The predicted octanol–water partition coefficient (Wildman–Crippen LogP) is 2.99. The molecule has 9 heteroatoms. The van der Waals surface area contributed by atoms with Gasteiger partial charge < -0.3 is 0 Å². The number of ether oxygens (including phenoxy) is 1. The molecule has 0 bridgehead atoms. The fourth-order valence-corrected chi connectivity index (χ4v) is 0.488. The van der Waals surface area contributed by atoms with E-state index in [4.69, 9.17) is 0 Å². The Bertz CT molecular complexity index is 166. The lowest BCUT2D eigenvalue weighted by atomic mass is 10.3. The van der Waals surface area contributed by atoms with Crippen LogP contribution in [-0.4, -0.2) is 24.3 Å². The zero-order chi connectivity index (χ0) is 10.9. The molecule has 1 nitrogen and oxygen atoms in total. The number of hydrogen-bond donors (Lipinski definition) is 0. The average molecular weight is 234 g/mol. The highest BCUT2D eigenvalue weighted by atomic mass is 35.5. The van der Waals surface area contributed by atoms with Crippen LogP contribution in [0, 0.1) is 0 Å². The molecule has 0 aromatic rings. The summed E-state index contributed by atoms with van der Waals surface area (Å²) >= 11 is 4.15. The van der Waals surface area contributed by atoms with Crippen molar-refractivity contribution in [2.75, 3.05) is 0 Å². The standard InChI is InChI=1S/C4H2ClF7O/c5-2(7)13-4(11,12)1(6)3(8,9)10/h1-2H. The summed E-state index contributed by atoms with van der Waals surface area (Å²) in [7, 11) is 0. The van der Waals surface area contributed by atoms with Gasteiger partial charge in [0.2, 0.25) is 0 Å². The van der Waals surface area contributed by atoms with Crippen molar-refractivity contribution in [2.24, 2.45) is 0 Å². The molecule has 0 aliphatic heterocycles. The van der Waals surface area contributed by atoms with Gasteiger partial charge in [-0.15, -0.1) is 0 Å². The lowest BCUT2D eigenvalue weighted by Gasteiger charge is -2.22. The van der Waals surface area contributed by atoms with Crippen LogP contribution in [0.1, 0.15) is 0 Å². The van der Waals surface area contributed by atoms with Gasteiger partial charge in [-0.2, -0.15) is 26.3 Å². The highest BCUT2D eigenvalue weighted by molar-refractivity contribution is 6.18. The number of alkyl halides is 8. The Kier molecular flexibility index (Phi) is 3.80. The van der Waals surface area contributed by atoms with Gasteiger partial charge in [-0.3, -0.25) is 4.74 Å². The van der Waals surface area contributed by atoms with E-state index >= 15 is 0 Å². The normalized spacial score (nSPS) is 18.5. The first-order valence-corrected chi connectivity index (χ1v) is 3.05. The van der Waals surface area contributed by atoms with Gasteiger partial charge in [0, 0.05) is 0 Å². The predicted molar refractivity (Wildman–Crippen MR) is 27.7 cm³/mol. The van der Waals surface area contributed by atoms with Crippen LogP contribution in [0.4, 0.5) is 30.7 Å². The first-order chi connectivity index (χ1) is 5.57. The van der Waals surface area contributed by atoms with Crippen LogP contribution in [0.5, 0.6) is 0 Å². The second-order valence-corrected chi connectivity index (χ2v) is 2.19. The SMILES string of the molecule is FC(Cl)OC(F)(F)C(F)C(F)(F)F. The number of halogens is 8. The van der Waals surface area contributed by atoms with Gasteiger partial charge in [0.25, 0.3) is 12.0 Å². The van der Waals surface area contributed by atoms with Crippen molar-refractivity contribution >= 4 is 11.6 Å². The summed E-state index contributed by atoms with van der Waals surface area (Å²) in [5, 5.41) is 0. The molecule has 0 aromatic carbocycles. The van der Waals surface area contributed by atoms with Crippen LogP contribution >= 0.6 is 11.6 Å². The van der Waals surface area contributed by atoms with E-state index in [9.17, 15) is 30.7 Å². The third-order valence-electron chi connectivity index (χ3n) is 0.829. The molecule has 0 aromatic heterocycles. The maximum atomic E-state index is 11.9. The van der Waals surface area contributed by atoms with E-state index in [1.54, 1.807) is 0 Å². The van der Waals surface area contributed by atoms with Gasteiger partial charge in [-0.05, 0) is 0 Å². The maximum absolute atomic E-state index is 11.9. The van der Waals surface area contributed by atoms with Crippen LogP contribution in [0.2, 0.25) is 0 Å². The second-order valence-electron chi connectivity index (χ2n) is 1.84. The molecule has 0 aliphatic rings. The highest BCUT2D eigenvalue weighted by Gasteiger charge is 2.59. The first kappa shape index (κ1) is 12.8. The van der Waals surface area contributed by atoms with Crippen LogP contribution in [-0.2, 0) is 4.74 Å². The summed E-state index contributed by atoms with van der Waals surface area (Å²) in [6.07, 6.45) is -15.8. The molecule has 0 radical (unpaired) electrons. The molecule has 0 saturated heterocycles. The van der Waals surface area contributed by atoms with E-state index in [-0.39, 0.29) is 0 Å². The Morgan fingerprint density at radius 3 is 1.62 bits per heavy atom. The first-order valence-electron chi connectivity index (χ1n) is 2.62. The number of rotatable bonds is 3. The van der Waals surface area contributed by atoms with E-state index in [0.29, 0.717) is 0 Å². The minimum absolute atomic E-state index is 2.60. The molecule has 0 aliphatic carbocycles. The summed E-state index contributed by atoms with van der Waals surface area (Å²) in [5.74, 6) is -3.21. The number of hydrogen-bond acceptors (Lipinski definition) is 1. The third-order valence-corrected chi connectivity index (χ3v) is 0.918. The Balaban J connectivity index is 4.45. The quantitative estimate of drug-likeness (QED) is 0.539. The van der Waals surface area contributed by atoms with Gasteiger partial charge in [0.15, 0.2) is 0 Å². The fraction of sp³-hybridized carbons (Fsp3) is 1.00. The monoisotopic (exact) mass is 234 g/mol. The van der Waals surface area contributed by atoms with Crippen molar-refractivity contribution in [3.63, 3.8) is 0 Å². The van der Waals surface area contributed by atoms with Crippen LogP contribution in [0.25, 0.3) is 0 Å². The van der Waals surface area contributed by atoms with Crippen molar-refractivity contribution < 1.29 is 35.5 Å². The molecule has 0 rings (SSSR count). The molecule has 0 amide bonds. The van der Waals surface area contributed by atoms with Gasteiger partial charge in [-0.1, -0.05) is 11.6 Å². The fourth-order valence-electron chi connectivity index (χ4n) is 0.369. The summed E-state index contributed by atoms with van der Waals surface area (Å²) in [4.78, 5) is 0. The van der Waals surface area contributed by atoms with Gasteiger partial charge in [0.1, 0.15) is 0 Å². The van der Waals surface area contributed by atoms with Crippen molar-refractivity contribution in [3.8, 4) is 0 Å². The second kappa shape index (κ2) is 3.87. The van der Waals surface area contributed by atoms with E-state index in [0.717, 1.165) is 0 Å². The van der Waals surface area contributed by atoms with E-state index < -0.39 is 24.3 Å². The zero-order valence-corrected chi connectivity index (χ0v) is 6.34. The van der Waals surface area contributed by atoms with E-state index in [1.165, 1.54) is 0 Å². The van der Waals surface area contributed by atoms with Crippen molar-refractivity contribution in [2.45, 2.75) is 24.3 Å². The molecule has 0 N–H and O–H groups in total. The van der Waals surface area contributed by atoms with Crippen molar-refractivity contribution in [1.29, 1.82) is 0 Å². The van der Waals surface area contributed by atoms with Crippen LogP contribution in [0.3, 0.4) is 0 Å². The molecule has 0 spiro atoms. The van der Waals surface area contributed by atoms with Gasteiger partial charge in [0.05, 0.1) is 0 Å². The average Bonchev–Trinajstić information content (AvgIpc) is 1.80. The van der Waals surface area contributed by atoms with Gasteiger partial charge in [-0.25, -0.2) is 4.39 Å². The Morgan fingerprint density at radius 1 is 1.00 bits per heavy atom. The molecule has 0 fully saturated rings. The Labute approximate surface area is 72.4 Å². The molecule has 2 unspecified atom stereocenters. The van der Waals surface area contributed by atoms with E-state index in [2.05, 4.69) is 16.3 Å². The molecular formula is C4H2ClF7O. The molecule has 13 heavy (non-hydrogen) atoms. The van der Waals surface area contributed by atoms with Crippen molar-refractivity contribution in [1.82, 2.24) is 0 Å². The largest absolute Gasteiger partial charge is 0.428 e. The van der Waals surface area contributed by atoms with E-state index in [1.807, 2.05) is 0 Å². The van der Waals surface area contributed by atoms with Gasteiger partial charge >= 0.3 is 12.3 Å². The minimum atomic E-state index is -5.84. The Hall–Kier alpha value is -0.240. The van der Waals surface area contributed by atoms with Crippen LogP contribution < -0.4 is 0 Å². The molecule has 2 atom stereocenters. The third kappa shape index (κ3) is 3.99. The lowest BCUT2D eigenvalue weighted by Crippen LogP contribution is -2.44. The minimum Gasteiger partial charge on any atom is -0.269 e. The summed E-state index contributed by atoms with van der Waals surface area (Å²) < 4.78 is 83.6. The topological polar surface area (TPSA) is 9.23 Å².